The molecule has 2 N–H and O–H groups in total. The number of nitrogens with two attached hydrogens (primary N) is 1. The lowest BCUT2D eigenvalue weighted by Crippen LogP contribution is -2.44. The van der Waals surface area contributed by atoms with E-state index in [0.29, 0.717) is 12.1 Å². The SMILES string of the molecule is CCc1cc(N)cc(Br)c1N1[C@H](C)CCC[C@@H]1C. The summed E-state index contributed by atoms with van der Waals surface area (Å²) in [6, 6.07) is 5.37. The van der Waals surface area contributed by atoms with Crippen LogP contribution >= 0.6 is 15.9 Å². The Morgan fingerprint density at radius 2 is 1.89 bits per heavy atom. The first-order valence-electron chi connectivity index (χ1n) is 6.90. The molecule has 1 aromatic rings. The summed E-state index contributed by atoms with van der Waals surface area (Å²) >= 11 is 3.71. The first kappa shape index (κ1) is 13.7. The van der Waals surface area contributed by atoms with Gasteiger partial charge in [-0.2, -0.15) is 0 Å². The second-order valence-corrected chi connectivity index (χ2v) is 6.25. The van der Waals surface area contributed by atoms with Crippen molar-refractivity contribution in [1.82, 2.24) is 0 Å². The highest BCUT2D eigenvalue weighted by molar-refractivity contribution is 9.10. The van der Waals surface area contributed by atoms with Gasteiger partial charge in [0.15, 0.2) is 0 Å². The topological polar surface area (TPSA) is 29.3 Å². The molecule has 0 spiro atoms. The van der Waals surface area contributed by atoms with Crippen LogP contribution in [-0.4, -0.2) is 12.1 Å². The number of nitrogens with zero attached hydrogens (tertiary/aromatic N) is 1. The largest absolute Gasteiger partial charge is 0.399 e. The van der Waals surface area contributed by atoms with Crippen LogP contribution in [-0.2, 0) is 6.42 Å². The summed E-state index contributed by atoms with van der Waals surface area (Å²) in [5, 5.41) is 0. The molecule has 0 aromatic heterocycles. The van der Waals surface area contributed by atoms with Crippen LogP contribution in [0.25, 0.3) is 0 Å². The quantitative estimate of drug-likeness (QED) is 0.822. The Morgan fingerprint density at radius 1 is 1.28 bits per heavy atom. The maximum atomic E-state index is 5.95. The van der Waals surface area contributed by atoms with Gasteiger partial charge >= 0.3 is 0 Å². The number of nitrogen functional groups attached to an aromatic ring is 1. The van der Waals surface area contributed by atoms with Crippen LogP contribution < -0.4 is 10.6 Å². The zero-order valence-electron chi connectivity index (χ0n) is 11.5. The van der Waals surface area contributed by atoms with Crippen molar-refractivity contribution >= 4 is 27.3 Å². The summed E-state index contributed by atoms with van der Waals surface area (Å²) in [7, 11) is 0. The van der Waals surface area contributed by atoms with E-state index in [0.717, 1.165) is 16.6 Å². The van der Waals surface area contributed by atoms with Crippen LogP contribution in [0.4, 0.5) is 11.4 Å². The van der Waals surface area contributed by atoms with Gasteiger partial charge in [0, 0.05) is 22.2 Å². The normalized spacial score (nSPS) is 24.3. The number of hydrogen-bond donors (Lipinski definition) is 1. The predicted molar refractivity (Wildman–Crippen MR) is 83.2 cm³/mol. The molecule has 1 heterocycles. The monoisotopic (exact) mass is 310 g/mol. The molecule has 1 aromatic carbocycles. The second-order valence-electron chi connectivity index (χ2n) is 5.40. The van der Waals surface area contributed by atoms with Crippen LogP contribution in [0.5, 0.6) is 0 Å². The fourth-order valence-corrected chi connectivity index (χ4v) is 3.82. The van der Waals surface area contributed by atoms with Crippen LogP contribution in [0.1, 0.15) is 45.6 Å². The molecule has 0 saturated carbocycles. The maximum Gasteiger partial charge on any atom is 0.0549 e. The average molecular weight is 311 g/mol. The Bertz CT molecular complexity index is 421. The smallest absolute Gasteiger partial charge is 0.0549 e. The molecule has 0 unspecified atom stereocenters. The number of aryl methyl sites for hydroxylation is 1. The lowest BCUT2D eigenvalue weighted by molar-refractivity contribution is 0.413. The molecule has 1 fully saturated rings. The van der Waals surface area contributed by atoms with Gasteiger partial charge in [0.25, 0.3) is 0 Å². The molecule has 1 aliphatic rings. The Morgan fingerprint density at radius 3 is 2.44 bits per heavy atom. The first-order valence-corrected chi connectivity index (χ1v) is 7.70. The molecule has 0 amide bonds. The minimum absolute atomic E-state index is 0.610. The van der Waals surface area contributed by atoms with Gasteiger partial charge < -0.3 is 10.6 Å². The molecule has 0 aliphatic carbocycles. The molecule has 1 saturated heterocycles. The number of benzene rings is 1. The van der Waals surface area contributed by atoms with E-state index in [1.165, 1.54) is 30.5 Å². The van der Waals surface area contributed by atoms with Gasteiger partial charge in [-0.05, 0) is 73.2 Å². The number of rotatable bonds is 2. The second kappa shape index (κ2) is 5.52. The summed E-state index contributed by atoms with van der Waals surface area (Å²) in [5.41, 5.74) is 9.50. The molecule has 0 bridgehead atoms. The van der Waals surface area contributed by atoms with Gasteiger partial charge in [-0.25, -0.2) is 0 Å². The third-order valence-electron chi connectivity index (χ3n) is 4.00. The predicted octanol–water partition coefficient (Wildman–Crippen LogP) is 4.36. The fourth-order valence-electron chi connectivity index (χ4n) is 3.10. The van der Waals surface area contributed by atoms with Crippen LogP contribution in [0.2, 0.25) is 0 Å². The van der Waals surface area contributed by atoms with E-state index in [1.54, 1.807) is 0 Å². The van der Waals surface area contributed by atoms with Crippen molar-refractivity contribution in [2.24, 2.45) is 0 Å². The minimum Gasteiger partial charge on any atom is -0.399 e. The van der Waals surface area contributed by atoms with E-state index in [9.17, 15) is 0 Å². The minimum atomic E-state index is 0.610. The zero-order valence-corrected chi connectivity index (χ0v) is 13.1. The number of piperidine rings is 1. The first-order chi connectivity index (χ1) is 8.54. The molecular weight excluding hydrogens is 288 g/mol. The van der Waals surface area contributed by atoms with Crippen molar-refractivity contribution in [3.8, 4) is 0 Å². The Hall–Kier alpha value is -0.700. The third-order valence-corrected chi connectivity index (χ3v) is 4.60. The van der Waals surface area contributed by atoms with Crippen molar-refractivity contribution in [1.29, 1.82) is 0 Å². The van der Waals surface area contributed by atoms with Gasteiger partial charge in [0.2, 0.25) is 0 Å². The average Bonchev–Trinajstić information content (AvgIpc) is 2.30. The third kappa shape index (κ3) is 2.51. The Kier molecular flexibility index (Phi) is 4.21. The summed E-state index contributed by atoms with van der Waals surface area (Å²) in [4.78, 5) is 2.58. The number of anilines is 2. The van der Waals surface area contributed by atoms with E-state index in [4.69, 9.17) is 5.73 Å². The van der Waals surface area contributed by atoms with E-state index in [-0.39, 0.29) is 0 Å². The van der Waals surface area contributed by atoms with Gasteiger partial charge in [-0.15, -0.1) is 0 Å². The van der Waals surface area contributed by atoms with Crippen LogP contribution in [0, 0.1) is 0 Å². The van der Waals surface area contributed by atoms with Gasteiger partial charge in [-0.1, -0.05) is 6.92 Å². The molecule has 2 nitrogen and oxygen atoms in total. The number of halogens is 1. The van der Waals surface area contributed by atoms with Gasteiger partial charge in [0.1, 0.15) is 0 Å². The summed E-state index contributed by atoms with van der Waals surface area (Å²) < 4.78 is 1.14. The zero-order chi connectivity index (χ0) is 13.3. The van der Waals surface area contributed by atoms with Crippen molar-refractivity contribution in [2.75, 3.05) is 10.6 Å². The Labute approximate surface area is 119 Å². The molecule has 2 atom stereocenters. The standard InChI is InChI=1S/C15H23BrN2/c1-4-12-8-13(17)9-14(16)15(12)18-10(2)6-5-7-11(18)3/h8-11H,4-7,17H2,1-3H3/t10-,11+. The highest BCUT2D eigenvalue weighted by Gasteiger charge is 2.27. The lowest BCUT2D eigenvalue weighted by atomic mass is 9.95. The molecule has 100 valence electrons. The van der Waals surface area contributed by atoms with E-state index in [2.05, 4.69) is 47.7 Å². The summed E-state index contributed by atoms with van der Waals surface area (Å²) in [6.07, 6.45) is 4.93. The summed E-state index contributed by atoms with van der Waals surface area (Å²) in [5.74, 6) is 0. The maximum absolute atomic E-state index is 5.95. The van der Waals surface area contributed by atoms with Crippen molar-refractivity contribution in [3.63, 3.8) is 0 Å². The molecular formula is C15H23BrN2. The van der Waals surface area contributed by atoms with Gasteiger partial charge in [-0.3, -0.25) is 0 Å². The lowest BCUT2D eigenvalue weighted by Gasteiger charge is -2.42. The van der Waals surface area contributed by atoms with E-state index < -0.39 is 0 Å². The molecule has 18 heavy (non-hydrogen) atoms. The van der Waals surface area contributed by atoms with Crippen molar-refractivity contribution in [2.45, 2.75) is 58.5 Å². The molecule has 1 aliphatic heterocycles. The van der Waals surface area contributed by atoms with Gasteiger partial charge in [0.05, 0.1) is 5.69 Å². The summed E-state index contributed by atoms with van der Waals surface area (Å²) in [6.45, 7) is 6.86. The van der Waals surface area contributed by atoms with Crippen molar-refractivity contribution in [3.05, 3.63) is 22.2 Å². The highest BCUT2D eigenvalue weighted by Crippen LogP contribution is 2.38. The highest BCUT2D eigenvalue weighted by atomic mass is 79.9. The number of hydrogen-bond acceptors (Lipinski definition) is 2. The van der Waals surface area contributed by atoms with E-state index in [1.807, 2.05) is 6.07 Å². The molecule has 3 heteroatoms. The fraction of sp³-hybridized carbons (Fsp3) is 0.600. The van der Waals surface area contributed by atoms with Crippen LogP contribution in [0.15, 0.2) is 16.6 Å². The van der Waals surface area contributed by atoms with E-state index >= 15 is 0 Å². The molecule has 2 rings (SSSR count). The Balaban J connectivity index is 2.48. The van der Waals surface area contributed by atoms with Crippen LogP contribution in [0.3, 0.4) is 0 Å². The van der Waals surface area contributed by atoms with Crippen molar-refractivity contribution < 1.29 is 0 Å². The molecule has 0 radical (unpaired) electrons.